The minimum atomic E-state index is -0.492. The maximum Gasteiger partial charge on any atom is 0.267 e. The highest BCUT2D eigenvalue weighted by Crippen LogP contribution is 2.47. The van der Waals surface area contributed by atoms with Crippen LogP contribution in [0.1, 0.15) is 48.9 Å². The van der Waals surface area contributed by atoms with Crippen LogP contribution in [0.25, 0.3) is 0 Å². The van der Waals surface area contributed by atoms with Gasteiger partial charge in [0.2, 0.25) is 11.8 Å². The predicted molar refractivity (Wildman–Crippen MR) is 72.8 cm³/mol. The third-order valence-corrected chi connectivity index (χ3v) is 4.44. The number of piperidine rings is 1. The second-order valence-electron chi connectivity index (χ2n) is 5.85. The van der Waals surface area contributed by atoms with Crippen molar-refractivity contribution in [2.75, 3.05) is 0 Å². The van der Waals surface area contributed by atoms with E-state index in [1.165, 1.54) is 0 Å². The molecule has 1 spiro atoms. The van der Waals surface area contributed by atoms with E-state index in [4.69, 9.17) is 0 Å². The SMILES string of the molecule is O=C1CC2(CCCC2)CC(=O)N1C(=O)c1ccccc1. The number of hydrogen-bond donors (Lipinski definition) is 0. The molecule has 2 fully saturated rings. The summed E-state index contributed by atoms with van der Waals surface area (Å²) >= 11 is 0. The van der Waals surface area contributed by atoms with E-state index in [9.17, 15) is 14.4 Å². The zero-order valence-electron chi connectivity index (χ0n) is 11.3. The number of likely N-dealkylation sites (tertiary alicyclic amines) is 1. The van der Waals surface area contributed by atoms with Gasteiger partial charge < -0.3 is 0 Å². The first kappa shape index (κ1) is 13.0. The van der Waals surface area contributed by atoms with Crippen LogP contribution in [0.4, 0.5) is 0 Å². The minimum absolute atomic E-state index is 0.165. The first-order valence-corrected chi connectivity index (χ1v) is 7.07. The second kappa shape index (κ2) is 4.85. The Morgan fingerprint density at radius 2 is 1.50 bits per heavy atom. The quantitative estimate of drug-likeness (QED) is 0.737. The van der Waals surface area contributed by atoms with Crippen LogP contribution in [0.5, 0.6) is 0 Å². The molecular weight excluding hydrogens is 254 g/mol. The molecule has 1 aliphatic carbocycles. The van der Waals surface area contributed by atoms with Crippen LogP contribution >= 0.6 is 0 Å². The minimum Gasteiger partial charge on any atom is -0.274 e. The van der Waals surface area contributed by atoms with Crippen LogP contribution in [0.2, 0.25) is 0 Å². The lowest BCUT2D eigenvalue weighted by atomic mass is 9.76. The van der Waals surface area contributed by atoms with Crippen molar-refractivity contribution in [2.24, 2.45) is 5.41 Å². The van der Waals surface area contributed by atoms with Gasteiger partial charge in [-0.2, -0.15) is 0 Å². The Labute approximate surface area is 117 Å². The zero-order chi connectivity index (χ0) is 14.2. The van der Waals surface area contributed by atoms with Crippen LogP contribution < -0.4 is 0 Å². The lowest BCUT2D eigenvalue weighted by Gasteiger charge is -2.36. The van der Waals surface area contributed by atoms with E-state index in [1.807, 2.05) is 0 Å². The number of amides is 3. The molecule has 1 saturated heterocycles. The first-order valence-electron chi connectivity index (χ1n) is 7.07. The summed E-state index contributed by atoms with van der Waals surface area (Å²) in [6.07, 6.45) is 4.67. The first-order chi connectivity index (χ1) is 9.61. The van der Waals surface area contributed by atoms with Crippen molar-refractivity contribution < 1.29 is 14.4 Å². The Kier molecular flexibility index (Phi) is 3.16. The molecule has 4 nitrogen and oxygen atoms in total. The van der Waals surface area contributed by atoms with Crippen molar-refractivity contribution in [2.45, 2.75) is 38.5 Å². The third kappa shape index (κ3) is 2.15. The summed E-state index contributed by atoms with van der Waals surface area (Å²) < 4.78 is 0. The van der Waals surface area contributed by atoms with Crippen LogP contribution in [-0.2, 0) is 9.59 Å². The summed E-state index contributed by atoms with van der Waals surface area (Å²) in [5.74, 6) is -1.16. The number of benzene rings is 1. The highest BCUT2D eigenvalue weighted by atomic mass is 16.2. The molecule has 3 amide bonds. The molecule has 1 heterocycles. The average molecular weight is 271 g/mol. The monoisotopic (exact) mass is 271 g/mol. The summed E-state index contributed by atoms with van der Waals surface area (Å²) in [4.78, 5) is 37.7. The number of rotatable bonds is 1. The summed E-state index contributed by atoms with van der Waals surface area (Å²) in [6.45, 7) is 0. The molecule has 104 valence electrons. The number of hydrogen-bond acceptors (Lipinski definition) is 3. The molecule has 1 aliphatic heterocycles. The molecular formula is C16H17NO3. The molecule has 1 aromatic rings. The Morgan fingerprint density at radius 3 is 2.05 bits per heavy atom. The molecule has 0 aromatic heterocycles. The molecule has 3 rings (SSSR count). The Morgan fingerprint density at radius 1 is 0.950 bits per heavy atom. The predicted octanol–water partition coefficient (Wildman–Crippen LogP) is 2.54. The van der Waals surface area contributed by atoms with Gasteiger partial charge in [-0.1, -0.05) is 31.0 Å². The maximum atomic E-state index is 12.3. The highest BCUT2D eigenvalue weighted by Gasteiger charge is 2.47. The Balaban J connectivity index is 1.83. The lowest BCUT2D eigenvalue weighted by molar-refractivity contribution is -0.149. The molecule has 0 radical (unpaired) electrons. The number of nitrogens with zero attached hydrogens (tertiary/aromatic N) is 1. The van der Waals surface area contributed by atoms with Crippen molar-refractivity contribution >= 4 is 17.7 Å². The van der Waals surface area contributed by atoms with E-state index < -0.39 is 5.91 Å². The van der Waals surface area contributed by atoms with E-state index >= 15 is 0 Å². The van der Waals surface area contributed by atoms with Crippen molar-refractivity contribution in [3.05, 3.63) is 35.9 Å². The zero-order valence-corrected chi connectivity index (χ0v) is 11.3. The van der Waals surface area contributed by atoms with Gasteiger partial charge in [0.15, 0.2) is 0 Å². The normalized spacial score (nSPS) is 21.5. The van der Waals surface area contributed by atoms with E-state index in [2.05, 4.69) is 0 Å². The largest absolute Gasteiger partial charge is 0.274 e. The fraction of sp³-hybridized carbons (Fsp3) is 0.438. The van der Waals surface area contributed by atoms with Gasteiger partial charge in [-0.15, -0.1) is 0 Å². The molecule has 0 N–H and O–H groups in total. The van der Waals surface area contributed by atoms with E-state index in [0.29, 0.717) is 18.4 Å². The average Bonchev–Trinajstić information content (AvgIpc) is 2.86. The molecule has 2 aliphatic rings. The number of carbonyl (C=O) groups is 3. The Hall–Kier alpha value is -1.97. The molecule has 0 bridgehead atoms. The third-order valence-electron chi connectivity index (χ3n) is 4.44. The van der Waals surface area contributed by atoms with Crippen molar-refractivity contribution in [3.63, 3.8) is 0 Å². The van der Waals surface area contributed by atoms with E-state index in [0.717, 1.165) is 30.6 Å². The van der Waals surface area contributed by atoms with Gasteiger partial charge in [-0.25, -0.2) is 4.90 Å². The number of imide groups is 3. The van der Waals surface area contributed by atoms with Crippen LogP contribution in [0.15, 0.2) is 30.3 Å². The van der Waals surface area contributed by atoms with Gasteiger partial charge in [-0.3, -0.25) is 14.4 Å². The lowest BCUT2D eigenvalue weighted by Crippen LogP contribution is -2.50. The molecule has 0 atom stereocenters. The molecule has 1 saturated carbocycles. The van der Waals surface area contributed by atoms with Gasteiger partial charge in [0.1, 0.15) is 0 Å². The highest BCUT2D eigenvalue weighted by molar-refractivity contribution is 6.17. The van der Waals surface area contributed by atoms with Crippen LogP contribution in [-0.4, -0.2) is 22.6 Å². The summed E-state index contributed by atoms with van der Waals surface area (Å²) in [7, 11) is 0. The maximum absolute atomic E-state index is 12.3. The second-order valence-corrected chi connectivity index (χ2v) is 5.85. The van der Waals surface area contributed by atoms with Crippen LogP contribution in [0.3, 0.4) is 0 Å². The van der Waals surface area contributed by atoms with Gasteiger partial charge in [0.05, 0.1) is 0 Å². The standard InChI is InChI=1S/C16H17NO3/c18-13-10-16(8-4-5-9-16)11-14(19)17(13)15(20)12-6-2-1-3-7-12/h1-3,6-7H,4-5,8-11H2. The fourth-order valence-electron chi connectivity index (χ4n) is 3.42. The molecule has 0 unspecified atom stereocenters. The van der Waals surface area contributed by atoms with E-state index in [1.54, 1.807) is 30.3 Å². The number of carbonyl (C=O) groups excluding carboxylic acids is 3. The fourth-order valence-corrected chi connectivity index (χ4v) is 3.42. The summed E-state index contributed by atoms with van der Waals surface area (Å²) in [5.41, 5.74) is 0.221. The van der Waals surface area contributed by atoms with Crippen molar-refractivity contribution in [1.29, 1.82) is 0 Å². The van der Waals surface area contributed by atoms with Gasteiger partial charge >= 0.3 is 0 Å². The summed E-state index contributed by atoms with van der Waals surface area (Å²) in [6, 6.07) is 8.50. The van der Waals surface area contributed by atoms with Gasteiger partial charge in [0, 0.05) is 18.4 Å². The summed E-state index contributed by atoms with van der Waals surface area (Å²) in [5, 5.41) is 0. The molecule has 20 heavy (non-hydrogen) atoms. The topological polar surface area (TPSA) is 54.5 Å². The molecule has 4 heteroatoms. The van der Waals surface area contributed by atoms with E-state index in [-0.39, 0.29) is 17.2 Å². The van der Waals surface area contributed by atoms with Crippen molar-refractivity contribution in [1.82, 2.24) is 4.90 Å². The Bertz CT molecular complexity index is 538. The van der Waals surface area contributed by atoms with Gasteiger partial charge in [0.25, 0.3) is 5.91 Å². The van der Waals surface area contributed by atoms with Crippen molar-refractivity contribution in [3.8, 4) is 0 Å². The molecule has 1 aromatic carbocycles. The van der Waals surface area contributed by atoms with Gasteiger partial charge in [-0.05, 0) is 30.4 Å². The smallest absolute Gasteiger partial charge is 0.267 e. The van der Waals surface area contributed by atoms with Crippen LogP contribution in [0, 0.1) is 5.41 Å².